The van der Waals surface area contributed by atoms with Gasteiger partial charge in [-0.1, -0.05) is 25.1 Å². The number of hydrogen-bond donors (Lipinski definition) is 0. The number of hydrogen-bond acceptors (Lipinski definition) is 4. The van der Waals surface area contributed by atoms with Crippen LogP contribution in [0.2, 0.25) is 0 Å². The molecular formula is C12H15NO4S. The molecule has 1 aromatic rings. The predicted molar refractivity (Wildman–Crippen MR) is 66.5 cm³/mol. The second kappa shape index (κ2) is 4.61. The Balaban J connectivity index is 2.31. The molecule has 0 aromatic heterocycles. The van der Waals surface area contributed by atoms with Crippen LogP contribution in [0.3, 0.4) is 0 Å². The average Bonchev–Trinajstić information content (AvgIpc) is 2.52. The molecule has 1 heterocycles. The Labute approximate surface area is 106 Å². The summed E-state index contributed by atoms with van der Waals surface area (Å²) in [6.45, 7) is 1.66. The summed E-state index contributed by atoms with van der Waals surface area (Å²) >= 11 is 0. The third-order valence-electron chi connectivity index (χ3n) is 2.97. The van der Waals surface area contributed by atoms with E-state index in [1.165, 1.54) is 7.11 Å². The van der Waals surface area contributed by atoms with Crippen molar-refractivity contribution in [1.29, 1.82) is 0 Å². The van der Waals surface area contributed by atoms with Crippen LogP contribution < -0.4 is 4.74 Å². The molecule has 1 unspecified atom stereocenters. The zero-order chi connectivity index (χ0) is 13.3. The second-order valence-electron chi connectivity index (χ2n) is 4.34. The topological polar surface area (TPSA) is 63.7 Å². The molecule has 0 spiro atoms. The summed E-state index contributed by atoms with van der Waals surface area (Å²) in [7, 11) is -1.96. The Hall–Kier alpha value is -1.56. The van der Waals surface area contributed by atoms with E-state index in [1.54, 1.807) is 31.2 Å². The van der Waals surface area contributed by atoms with Crippen LogP contribution in [0.4, 0.5) is 0 Å². The predicted octanol–water partition coefficient (Wildman–Crippen LogP) is 1.00. The quantitative estimate of drug-likeness (QED) is 0.821. The highest BCUT2D eigenvalue weighted by atomic mass is 32.2. The molecule has 5 nitrogen and oxygen atoms in total. The number of carbonyl (C=O) groups is 1. The summed E-state index contributed by atoms with van der Waals surface area (Å²) in [5.74, 6) is -0.341. The first kappa shape index (κ1) is 12.9. The number of rotatable bonds is 3. The Morgan fingerprint density at radius 1 is 1.39 bits per heavy atom. The number of ether oxygens (including phenoxy) is 1. The first-order valence-corrected chi connectivity index (χ1v) is 7.23. The Bertz CT molecular complexity index is 567. The molecular weight excluding hydrogens is 254 g/mol. The van der Waals surface area contributed by atoms with Gasteiger partial charge in [0.2, 0.25) is 15.9 Å². The van der Waals surface area contributed by atoms with E-state index in [2.05, 4.69) is 0 Å². The van der Waals surface area contributed by atoms with E-state index >= 15 is 0 Å². The van der Waals surface area contributed by atoms with Gasteiger partial charge in [-0.25, -0.2) is 12.7 Å². The molecule has 0 saturated carbocycles. The van der Waals surface area contributed by atoms with Crippen molar-refractivity contribution in [3.05, 3.63) is 29.8 Å². The van der Waals surface area contributed by atoms with Crippen molar-refractivity contribution in [2.45, 2.75) is 13.5 Å². The summed E-state index contributed by atoms with van der Waals surface area (Å²) < 4.78 is 29.8. The molecule has 1 fully saturated rings. The van der Waals surface area contributed by atoms with E-state index in [4.69, 9.17) is 4.74 Å². The normalized spacial score (nSPS) is 22.2. The van der Waals surface area contributed by atoms with Gasteiger partial charge in [0.05, 0.1) is 25.3 Å². The van der Waals surface area contributed by atoms with Gasteiger partial charge in [-0.15, -0.1) is 0 Å². The molecule has 98 valence electrons. The van der Waals surface area contributed by atoms with Crippen molar-refractivity contribution in [3.63, 3.8) is 0 Å². The molecule has 1 atom stereocenters. The lowest BCUT2D eigenvalue weighted by Crippen LogP contribution is -2.30. The number of carbonyl (C=O) groups excluding carboxylic acids is 1. The minimum atomic E-state index is -3.48. The largest absolute Gasteiger partial charge is 0.496 e. The number of nitrogens with zero attached hydrogens (tertiary/aromatic N) is 1. The molecule has 1 aliphatic heterocycles. The van der Waals surface area contributed by atoms with Crippen LogP contribution in [-0.4, -0.2) is 31.5 Å². The third kappa shape index (κ3) is 2.20. The average molecular weight is 269 g/mol. The maximum absolute atomic E-state index is 11.9. The summed E-state index contributed by atoms with van der Waals surface area (Å²) in [6.07, 6.45) is 0. The zero-order valence-corrected chi connectivity index (χ0v) is 11.1. The zero-order valence-electron chi connectivity index (χ0n) is 10.3. The van der Waals surface area contributed by atoms with Crippen LogP contribution >= 0.6 is 0 Å². The maximum Gasteiger partial charge on any atom is 0.240 e. The van der Waals surface area contributed by atoms with Crippen molar-refractivity contribution in [1.82, 2.24) is 4.31 Å². The van der Waals surface area contributed by atoms with Crippen LogP contribution in [0.1, 0.15) is 12.5 Å². The molecule has 1 amide bonds. The SMILES string of the molecule is COc1ccccc1CN1C(=O)C(C)CS1(=O)=O. The fourth-order valence-corrected chi connectivity index (χ4v) is 3.77. The summed E-state index contributed by atoms with van der Waals surface area (Å²) in [5, 5.41) is 0. The minimum Gasteiger partial charge on any atom is -0.496 e. The molecule has 6 heteroatoms. The van der Waals surface area contributed by atoms with Crippen LogP contribution in [0.25, 0.3) is 0 Å². The molecule has 2 rings (SSSR count). The number of methoxy groups -OCH3 is 1. The number of sulfonamides is 1. The van der Waals surface area contributed by atoms with Gasteiger partial charge in [0.1, 0.15) is 5.75 Å². The van der Waals surface area contributed by atoms with Gasteiger partial charge in [-0.05, 0) is 6.07 Å². The van der Waals surface area contributed by atoms with Gasteiger partial charge in [0.25, 0.3) is 0 Å². The minimum absolute atomic E-state index is 0.0372. The van der Waals surface area contributed by atoms with Gasteiger partial charge in [-0.3, -0.25) is 4.79 Å². The standard InChI is InChI=1S/C12H15NO4S/c1-9-8-18(15,16)13(12(9)14)7-10-5-3-4-6-11(10)17-2/h3-6,9H,7-8H2,1-2H3. The first-order chi connectivity index (χ1) is 8.45. The summed E-state index contributed by atoms with van der Waals surface area (Å²) in [5.41, 5.74) is 0.686. The van der Waals surface area contributed by atoms with E-state index in [0.717, 1.165) is 4.31 Å². The van der Waals surface area contributed by atoms with Crippen LogP contribution in [0.15, 0.2) is 24.3 Å². The molecule has 0 aliphatic carbocycles. The summed E-state index contributed by atoms with van der Waals surface area (Å²) in [4.78, 5) is 11.8. The van der Waals surface area contributed by atoms with Crippen molar-refractivity contribution in [2.75, 3.05) is 12.9 Å². The third-order valence-corrected chi connectivity index (χ3v) is 4.87. The number of para-hydroxylation sites is 1. The molecule has 1 aliphatic rings. The Morgan fingerprint density at radius 2 is 2.06 bits per heavy atom. The van der Waals surface area contributed by atoms with E-state index in [9.17, 15) is 13.2 Å². The lowest BCUT2D eigenvalue weighted by Gasteiger charge is -2.17. The van der Waals surface area contributed by atoms with Gasteiger partial charge >= 0.3 is 0 Å². The molecule has 0 bridgehead atoms. The second-order valence-corrected chi connectivity index (χ2v) is 6.27. The van der Waals surface area contributed by atoms with Crippen LogP contribution in [0, 0.1) is 5.92 Å². The highest BCUT2D eigenvalue weighted by molar-refractivity contribution is 7.90. The van der Waals surface area contributed by atoms with Crippen molar-refractivity contribution in [2.24, 2.45) is 5.92 Å². The van der Waals surface area contributed by atoms with Gasteiger partial charge in [-0.2, -0.15) is 0 Å². The highest BCUT2D eigenvalue weighted by Gasteiger charge is 2.40. The van der Waals surface area contributed by atoms with E-state index < -0.39 is 15.9 Å². The lowest BCUT2D eigenvalue weighted by molar-refractivity contribution is -0.128. The monoisotopic (exact) mass is 269 g/mol. The molecule has 18 heavy (non-hydrogen) atoms. The molecule has 0 radical (unpaired) electrons. The lowest BCUT2D eigenvalue weighted by atomic mass is 10.1. The fraction of sp³-hybridized carbons (Fsp3) is 0.417. The van der Waals surface area contributed by atoms with Gasteiger partial charge in [0.15, 0.2) is 0 Å². The van der Waals surface area contributed by atoms with E-state index in [-0.39, 0.29) is 18.2 Å². The molecule has 0 N–H and O–H groups in total. The van der Waals surface area contributed by atoms with Crippen molar-refractivity contribution in [3.8, 4) is 5.75 Å². The van der Waals surface area contributed by atoms with Crippen molar-refractivity contribution < 1.29 is 17.9 Å². The highest BCUT2D eigenvalue weighted by Crippen LogP contribution is 2.26. The number of amides is 1. The first-order valence-electron chi connectivity index (χ1n) is 5.62. The van der Waals surface area contributed by atoms with E-state index in [0.29, 0.717) is 11.3 Å². The van der Waals surface area contributed by atoms with Gasteiger partial charge in [0, 0.05) is 5.56 Å². The maximum atomic E-state index is 11.9. The van der Waals surface area contributed by atoms with Crippen molar-refractivity contribution >= 4 is 15.9 Å². The van der Waals surface area contributed by atoms with Crippen LogP contribution in [-0.2, 0) is 21.4 Å². The Kier molecular flexibility index (Phi) is 3.30. The summed E-state index contributed by atoms with van der Waals surface area (Å²) in [6, 6.07) is 7.08. The van der Waals surface area contributed by atoms with Crippen LogP contribution in [0.5, 0.6) is 5.75 Å². The fourth-order valence-electron chi connectivity index (χ4n) is 2.02. The number of benzene rings is 1. The smallest absolute Gasteiger partial charge is 0.240 e. The Morgan fingerprint density at radius 3 is 2.61 bits per heavy atom. The molecule has 1 aromatic carbocycles. The van der Waals surface area contributed by atoms with Gasteiger partial charge < -0.3 is 4.74 Å². The molecule has 1 saturated heterocycles. The van der Waals surface area contributed by atoms with E-state index in [1.807, 2.05) is 0 Å².